The minimum Gasteiger partial charge on any atom is -0.399 e. The second-order valence-electron chi connectivity index (χ2n) is 4.53. The van der Waals surface area contributed by atoms with Crippen LogP contribution in [0.15, 0.2) is 48.5 Å². The number of benzene rings is 2. The van der Waals surface area contributed by atoms with Crippen molar-refractivity contribution in [2.75, 3.05) is 12.3 Å². The van der Waals surface area contributed by atoms with Gasteiger partial charge in [-0.25, -0.2) is 0 Å². The molecule has 0 aliphatic carbocycles. The standard InChI is InChI=1S/C16H18ClNO/c17-15-7-1-5-14(10-15)12-19-9-3-6-13-4-2-8-16(18)11-13/h1-2,4-5,7-8,10-11H,3,6,9,12,18H2. The van der Waals surface area contributed by atoms with E-state index in [4.69, 9.17) is 22.1 Å². The third-order valence-electron chi connectivity index (χ3n) is 2.86. The molecule has 0 saturated carbocycles. The molecule has 0 aromatic heterocycles. The maximum absolute atomic E-state index is 5.91. The quantitative estimate of drug-likeness (QED) is 0.637. The average molecular weight is 276 g/mol. The van der Waals surface area contributed by atoms with Gasteiger partial charge in [-0.05, 0) is 48.2 Å². The summed E-state index contributed by atoms with van der Waals surface area (Å²) in [7, 11) is 0. The zero-order chi connectivity index (χ0) is 13.5. The predicted molar refractivity (Wildman–Crippen MR) is 80.3 cm³/mol. The van der Waals surface area contributed by atoms with E-state index in [2.05, 4.69) is 6.07 Å². The highest BCUT2D eigenvalue weighted by Crippen LogP contribution is 2.12. The molecule has 2 N–H and O–H groups in total. The molecule has 0 amide bonds. The Hall–Kier alpha value is -1.51. The molecule has 0 fully saturated rings. The summed E-state index contributed by atoms with van der Waals surface area (Å²) in [6.45, 7) is 1.35. The first-order valence-corrected chi connectivity index (χ1v) is 6.78. The minimum atomic E-state index is 0.609. The molecule has 100 valence electrons. The van der Waals surface area contributed by atoms with E-state index in [-0.39, 0.29) is 0 Å². The van der Waals surface area contributed by atoms with E-state index in [1.54, 1.807) is 0 Å². The van der Waals surface area contributed by atoms with Crippen LogP contribution in [0.2, 0.25) is 5.02 Å². The van der Waals surface area contributed by atoms with Gasteiger partial charge in [0, 0.05) is 17.3 Å². The molecule has 2 aromatic rings. The summed E-state index contributed by atoms with van der Waals surface area (Å²) < 4.78 is 5.64. The molecule has 0 atom stereocenters. The van der Waals surface area contributed by atoms with Crippen molar-refractivity contribution in [3.63, 3.8) is 0 Å². The lowest BCUT2D eigenvalue weighted by atomic mass is 10.1. The first-order valence-electron chi connectivity index (χ1n) is 6.40. The van der Waals surface area contributed by atoms with Crippen LogP contribution in [0, 0.1) is 0 Å². The molecule has 19 heavy (non-hydrogen) atoms. The van der Waals surface area contributed by atoms with Gasteiger partial charge >= 0.3 is 0 Å². The lowest BCUT2D eigenvalue weighted by Gasteiger charge is -2.05. The molecule has 0 radical (unpaired) electrons. The minimum absolute atomic E-state index is 0.609. The summed E-state index contributed by atoms with van der Waals surface area (Å²) in [5.74, 6) is 0. The monoisotopic (exact) mass is 275 g/mol. The molecule has 0 heterocycles. The van der Waals surface area contributed by atoms with Crippen LogP contribution in [0.25, 0.3) is 0 Å². The summed E-state index contributed by atoms with van der Waals surface area (Å²) >= 11 is 5.91. The fourth-order valence-corrected chi connectivity index (χ4v) is 2.16. The van der Waals surface area contributed by atoms with Gasteiger partial charge in [0.2, 0.25) is 0 Å². The van der Waals surface area contributed by atoms with E-state index in [0.29, 0.717) is 6.61 Å². The number of nitrogens with two attached hydrogens (primary N) is 1. The lowest BCUT2D eigenvalue weighted by molar-refractivity contribution is 0.118. The van der Waals surface area contributed by atoms with Crippen molar-refractivity contribution in [3.05, 3.63) is 64.7 Å². The lowest BCUT2D eigenvalue weighted by Crippen LogP contribution is -1.98. The third-order valence-corrected chi connectivity index (χ3v) is 3.10. The molecular weight excluding hydrogens is 258 g/mol. The summed E-state index contributed by atoms with van der Waals surface area (Å²) in [4.78, 5) is 0. The summed E-state index contributed by atoms with van der Waals surface area (Å²) in [5.41, 5.74) is 8.92. The Bertz CT molecular complexity index is 480. The summed E-state index contributed by atoms with van der Waals surface area (Å²) in [5, 5.41) is 0.751. The molecular formula is C16H18ClNO. The van der Waals surface area contributed by atoms with Crippen molar-refractivity contribution in [3.8, 4) is 0 Å². The zero-order valence-electron chi connectivity index (χ0n) is 10.8. The second-order valence-corrected chi connectivity index (χ2v) is 4.97. The normalized spacial score (nSPS) is 10.6. The maximum Gasteiger partial charge on any atom is 0.0717 e. The number of aryl methyl sites for hydroxylation is 1. The van der Waals surface area contributed by atoms with Gasteiger partial charge in [0.05, 0.1) is 6.61 Å². The molecule has 2 nitrogen and oxygen atoms in total. The first-order chi connectivity index (χ1) is 9.24. The highest BCUT2D eigenvalue weighted by Gasteiger charge is 1.97. The van der Waals surface area contributed by atoms with Gasteiger partial charge in [-0.1, -0.05) is 35.9 Å². The van der Waals surface area contributed by atoms with Gasteiger partial charge in [-0.2, -0.15) is 0 Å². The van der Waals surface area contributed by atoms with Gasteiger partial charge in [0.1, 0.15) is 0 Å². The Morgan fingerprint density at radius 2 is 1.79 bits per heavy atom. The molecule has 3 heteroatoms. The fourth-order valence-electron chi connectivity index (χ4n) is 1.94. The molecule has 0 bridgehead atoms. The maximum atomic E-state index is 5.91. The van der Waals surface area contributed by atoms with Crippen LogP contribution >= 0.6 is 11.6 Å². The van der Waals surface area contributed by atoms with Crippen molar-refractivity contribution in [2.24, 2.45) is 0 Å². The highest BCUT2D eigenvalue weighted by atomic mass is 35.5. The van der Waals surface area contributed by atoms with E-state index >= 15 is 0 Å². The Labute approximate surface area is 119 Å². The van der Waals surface area contributed by atoms with Crippen LogP contribution in [0.4, 0.5) is 5.69 Å². The van der Waals surface area contributed by atoms with Crippen LogP contribution in [-0.4, -0.2) is 6.61 Å². The van der Waals surface area contributed by atoms with Gasteiger partial charge in [-0.3, -0.25) is 0 Å². The molecule has 0 spiro atoms. The molecule has 0 aliphatic rings. The topological polar surface area (TPSA) is 35.2 Å². The van der Waals surface area contributed by atoms with Gasteiger partial charge in [-0.15, -0.1) is 0 Å². The first kappa shape index (κ1) is 13.9. The van der Waals surface area contributed by atoms with Crippen molar-refractivity contribution in [2.45, 2.75) is 19.4 Å². The molecule has 2 aromatic carbocycles. The Balaban J connectivity index is 1.67. The molecule has 0 aliphatic heterocycles. The summed E-state index contributed by atoms with van der Waals surface area (Å²) in [6.07, 6.45) is 1.98. The largest absolute Gasteiger partial charge is 0.399 e. The van der Waals surface area contributed by atoms with Crippen LogP contribution in [-0.2, 0) is 17.8 Å². The number of nitrogen functional groups attached to an aromatic ring is 1. The number of hydrogen-bond donors (Lipinski definition) is 1. The SMILES string of the molecule is Nc1cccc(CCCOCc2cccc(Cl)c2)c1. The van der Waals surface area contributed by atoms with Crippen molar-refractivity contribution < 1.29 is 4.74 Å². The average Bonchev–Trinajstić information content (AvgIpc) is 2.38. The van der Waals surface area contributed by atoms with Crippen LogP contribution in [0.1, 0.15) is 17.5 Å². The van der Waals surface area contributed by atoms with E-state index in [1.807, 2.05) is 42.5 Å². The predicted octanol–water partition coefficient (Wildman–Crippen LogP) is 4.07. The van der Waals surface area contributed by atoms with Crippen molar-refractivity contribution in [1.29, 1.82) is 0 Å². The highest BCUT2D eigenvalue weighted by molar-refractivity contribution is 6.30. The van der Waals surface area contributed by atoms with Crippen LogP contribution in [0.3, 0.4) is 0 Å². The Morgan fingerprint density at radius 1 is 1.00 bits per heavy atom. The number of hydrogen-bond acceptors (Lipinski definition) is 2. The van der Waals surface area contributed by atoms with Crippen molar-refractivity contribution in [1.82, 2.24) is 0 Å². The second kappa shape index (κ2) is 7.17. The van der Waals surface area contributed by atoms with Gasteiger partial charge in [0.15, 0.2) is 0 Å². The van der Waals surface area contributed by atoms with E-state index in [1.165, 1.54) is 5.56 Å². The number of halogens is 1. The van der Waals surface area contributed by atoms with Crippen molar-refractivity contribution >= 4 is 17.3 Å². The number of rotatable bonds is 6. The van der Waals surface area contributed by atoms with Gasteiger partial charge in [0.25, 0.3) is 0 Å². The number of anilines is 1. The summed E-state index contributed by atoms with van der Waals surface area (Å²) in [6, 6.07) is 15.7. The molecule has 0 unspecified atom stereocenters. The zero-order valence-corrected chi connectivity index (χ0v) is 11.6. The molecule has 0 saturated heterocycles. The number of ether oxygens (including phenoxy) is 1. The Morgan fingerprint density at radius 3 is 2.58 bits per heavy atom. The smallest absolute Gasteiger partial charge is 0.0717 e. The van der Waals surface area contributed by atoms with Crippen LogP contribution < -0.4 is 5.73 Å². The van der Waals surface area contributed by atoms with E-state index in [9.17, 15) is 0 Å². The third kappa shape index (κ3) is 4.93. The van der Waals surface area contributed by atoms with Crippen LogP contribution in [0.5, 0.6) is 0 Å². The van der Waals surface area contributed by atoms with Gasteiger partial charge < -0.3 is 10.5 Å². The van der Waals surface area contributed by atoms with E-state index in [0.717, 1.165) is 35.7 Å². The molecule has 2 rings (SSSR count). The Kier molecular flexibility index (Phi) is 5.25. The van der Waals surface area contributed by atoms with E-state index < -0.39 is 0 Å². The fraction of sp³-hybridized carbons (Fsp3) is 0.250.